The second-order valence-electron chi connectivity index (χ2n) is 3.34. The van der Waals surface area contributed by atoms with Crippen molar-refractivity contribution < 1.29 is 46.3 Å². The SMILES string of the molecule is CC.FC1(F)CC2CC2C1.[CH2-]NC=O.[Y]. The largest absolute Gasteiger partial charge is 0.511 e. The molecule has 1 amide bonds. The van der Waals surface area contributed by atoms with Crippen LogP contribution in [0.1, 0.15) is 33.1 Å². The summed E-state index contributed by atoms with van der Waals surface area (Å²) in [6.45, 7) is 4.00. The van der Waals surface area contributed by atoms with E-state index in [1.165, 1.54) is 0 Å². The van der Waals surface area contributed by atoms with Crippen LogP contribution in [0.25, 0.3) is 0 Å². The molecule has 0 aromatic heterocycles. The van der Waals surface area contributed by atoms with Gasteiger partial charge >= 0.3 is 0 Å². The summed E-state index contributed by atoms with van der Waals surface area (Å²) in [4.78, 5) is 9.00. The Morgan fingerprint density at radius 1 is 1.33 bits per heavy atom. The van der Waals surface area contributed by atoms with E-state index >= 15 is 0 Å². The summed E-state index contributed by atoms with van der Waals surface area (Å²) in [5, 5.41) is 2.00. The number of hydrogen-bond donors (Lipinski definition) is 1. The molecule has 2 aliphatic rings. The second kappa shape index (κ2) is 8.57. The van der Waals surface area contributed by atoms with Crippen LogP contribution in [0, 0.1) is 18.9 Å². The molecule has 0 heterocycles. The fraction of sp³-hybridized carbons (Fsp3) is 0.800. The van der Waals surface area contributed by atoms with Gasteiger partial charge in [-0.25, -0.2) is 8.78 Å². The Kier molecular flexibility index (Phi) is 10.2. The molecule has 2 unspecified atom stereocenters. The van der Waals surface area contributed by atoms with Gasteiger partial charge in [-0.2, -0.15) is 0 Å². The van der Waals surface area contributed by atoms with Gasteiger partial charge in [0.05, 0.1) is 0 Å². The zero-order valence-electron chi connectivity index (χ0n) is 9.30. The molecule has 2 nitrogen and oxygen atoms in total. The molecule has 5 heteroatoms. The Balaban J connectivity index is 0. The van der Waals surface area contributed by atoms with Gasteiger partial charge in [0, 0.05) is 45.6 Å². The van der Waals surface area contributed by atoms with E-state index in [1.54, 1.807) is 0 Å². The van der Waals surface area contributed by atoms with Crippen LogP contribution in [0.4, 0.5) is 8.78 Å². The Morgan fingerprint density at radius 3 is 1.80 bits per heavy atom. The third kappa shape index (κ3) is 7.34. The van der Waals surface area contributed by atoms with Crippen LogP contribution in [0.5, 0.6) is 0 Å². The molecule has 1 radical (unpaired) electrons. The van der Waals surface area contributed by atoms with Crippen molar-refractivity contribution in [3.63, 3.8) is 0 Å². The number of carbonyl (C=O) groups excluding carboxylic acids is 1. The quantitative estimate of drug-likeness (QED) is 0.585. The molecule has 0 aromatic rings. The van der Waals surface area contributed by atoms with Gasteiger partial charge in [0.25, 0.3) is 0 Å². The second-order valence-corrected chi connectivity index (χ2v) is 3.34. The normalized spacial score (nSPS) is 27.8. The summed E-state index contributed by atoms with van der Waals surface area (Å²) in [6, 6.07) is 0. The van der Waals surface area contributed by atoms with Crippen molar-refractivity contribution in [3.05, 3.63) is 7.05 Å². The van der Waals surface area contributed by atoms with Gasteiger partial charge < -0.3 is 5.32 Å². The predicted octanol–water partition coefficient (Wildman–Crippen LogP) is 2.60. The number of rotatable bonds is 1. The molecule has 15 heavy (non-hydrogen) atoms. The van der Waals surface area contributed by atoms with Crippen LogP contribution in [0.2, 0.25) is 0 Å². The van der Waals surface area contributed by atoms with Gasteiger partial charge in [-0.05, 0) is 18.3 Å². The summed E-state index contributed by atoms with van der Waals surface area (Å²) in [5.74, 6) is -1.47. The van der Waals surface area contributed by atoms with Gasteiger partial charge in [-0.3, -0.25) is 11.8 Å². The monoisotopic (exact) mass is 295 g/mol. The van der Waals surface area contributed by atoms with Gasteiger partial charge in [0.1, 0.15) is 0 Å². The molecule has 0 saturated heterocycles. The van der Waals surface area contributed by atoms with Crippen LogP contribution in [-0.4, -0.2) is 12.3 Å². The number of alkyl halides is 2. The minimum atomic E-state index is -2.28. The van der Waals surface area contributed by atoms with Crippen molar-refractivity contribution in [1.82, 2.24) is 5.32 Å². The van der Waals surface area contributed by atoms with E-state index in [0.29, 0.717) is 18.2 Å². The third-order valence-corrected chi connectivity index (χ3v) is 2.27. The number of halogens is 2. The molecule has 0 spiro atoms. The molecular formula is C10H18F2NOY-. The fourth-order valence-corrected chi connectivity index (χ4v) is 1.66. The first-order chi connectivity index (χ1) is 6.59. The van der Waals surface area contributed by atoms with Crippen molar-refractivity contribution in [1.29, 1.82) is 0 Å². The van der Waals surface area contributed by atoms with Crippen LogP contribution < -0.4 is 5.32 Å². The van der Waals surface area contributed by atoms with Crippen LogP contribution in [-0.2, 0) is 37.5 Å². The number of fused-ring (bicyclic) bond motifs is 1. The van der Waals surface area contributed by atoms with E-state index in [1.807, 2.05) is 19.2 Å². The van der Waals surface area contributed by atoms with E-state index in [-0.39, 0.29) is 45.6 Å². The predicted molar refractivity (Wildman–Crippen MR) is 51.7 cm³/mol. The maximum absolute atomic E-state index is 12.2. The average Bonchev–Trinajstić information content (AvgIpc) is 2.78. The third-order valence-electron chi connectivity index (χ3n) is 2.27. The smallest absolute Gasteiger partial charge is 0.248 e. The van der Waals surface area contributed by atoms with Crippen molar-refractivity contribution >= 4 is 6.41 Å². The Bertz CT molecular complexity index is 167. The maximum Gasteiger partial charge on any atom is 0.248 e. The number of hydrogen-bond acceptors (Lipinski definition) is 1. The van der Waals surface area contributed by atoms with Gasteiger partial charge in [-0.15, -0.1) is 0 Å². The van der Waals surface area contributed by atoms with Crippen molar-refractivity contribution in [2.45, 2.75) is 39.0 Å². The topological polar surface area (TPSA) is 29.1 Å². The van der Waals surface area contributed by atoms with E-state index in [2.05, 4.69) is 7.05 Å². The van der Waals surface area contributed by atoms with Gasteiger partial charge in [0.15, 0.2) is 6.41 Å². The summed E-state index contributed by atoms with van der Waals surface area (Å²) in [5.41, 5.74) is 0. The molecule has 2 saturated carbocycles. The first kappa shape index (κ1) is 17.8. The summed E-state index contributed by atoms with van der Waals surface area (Å²) < 4.78 is 24.5. The number of nitrogens with one attached hydrogen (secondary N) is 1. The maximum atomic E-state index is 12.2. The molecule has 2 atom stereocenters. The standard InChI is InChI=1S/C6H8F2.C2H4NO.C2H6.Y/c7-6(8)2-4-1-5(4)3-6;1-3-2-4;1-2;/h4-5H,1-3H2;2H,1H2,(H,3,4);1-2H3;/q;-1;;. The number of carbonyl (C=O) groups is 1. The first-order valence-electron chi connectivity index (χ1n) is 4.93. The van der Waals surface area contributed by atoms with E-state index in [4.69, 9.17) is 4.79 Å². The molecule has 0 bridgehead atoms. The minimum Gasteiger partial charge on any atom is -0.511 e. The molecule has 2 fully saturated rings. The molecule has 2 aliphatic carbocycles. The summed E-state index contributed by atoms with van der Waals surface area (Å²) in [7, 11) is 2.99. The molecule has 2 rings (SSSR count). The van der Waals surface area contributed by atoms with Crippen LogP contribution in [0.15, 0.2) is 0 Å². The molecular weight excluding hydrogens is 277 g/mol. The van der Waals surface area contributed by atoms with Crippen molar-refractivity contribution in [2.75, 3.05) is 0 Å². The summed E-state index contributed by atoms with van der Waals surface area (Å²) in [6.07, 6.45) is 1.95. The zero-order chi connectivity index (χ0) is 11.2. The first-order valence-corrected chi connectivity index (χ1v) is 4.93. The fourth-order valence-electron chi connectivity index (χ4n) is 1.66. The van der Waals surface area contributed by atoms with Crippen molar-refractivity contribution in [3.8, 4) is 0 Å². The van der Waals surface area contributed by atoms with Gasteiger partial charge in [-0.1, -0.05) is 13.8 Å². The Hall–Kier alpha value is 0.434. The van der Waals surface area contributed by atoms with Gasteiger partial charge in [0.2, 0.25) is 5.92 Å². The Labute approximate surface area is 115 Å². The Morgan fingerprint density at radius 2 is 1.67 bits per heavy atom. The van der Waals surface area contributed by atoms with E-state index in [0.717, 1.165) is 6.42 Å². The zero-order valence-corrected chi connectivity index (χ0v) is 12.1. The molecule has 0 aromatic carbocycles. The van der Waals surface area contributed by atoms with Crippen LogP contribution >= 0.6 is 0 Å². The van der Waals surface area contributed by atoms with E-state index < -0.39 is 5.92 Å². The number of amides is 1. The van der Waals surface area contributed by atoms with Crippen molar-refractivity contribution in [2.24, 2.45) is 11.8 Å². The van der Waals surface area contributed by atoms with E-state index in [9.17, 15) is 8.78 Å². The average molecular weight is 295 g/mol. The summed E-state index contributed by atoms with van der Waals surface area (Å²) >= 11 is 0. The molecule has 87 valence electrons. The minimum absolute atomic E-state index is 0. The molecule has 0 aliphatic heterocycles. The molecule has 1 N–H and O–H groups in total. The van der Waals surface area contributed by atoms with Crippen LogP contribution in [0.3, 0.4) is 0 Å².